The van der Waals surface area contributed by atoms with Gasteiger partial charge in [0.15, 0.2) is 0 Å². The molecule has 1 heterocycles. The number of carboxylic acids is 2. The van der Waals surface area contributed by atoms with Crippen molar-refractivity contribution >= 4 is 29.4 Å². The van der Waals surface area contributed by atoms with E-state index in [9.17, 15) is 29.4 Å². The third-order valence-corrected chi connectivity index (χ3v) is 3.17. The summed E-state index contributed by atoms with van der Waals surface area (Å²) >= 11 is 0. The maximum Gasteiger partial charge on any atom is 0.342 e. The summed E-state index contributed by atoms with van der Waals surface area (Å²) in [5.74, 6) is -3.81. The number of hydrogen-bond donors (Lipinski definition) is 5. The van der Waals surface area contributed by atoms with Crippen LogP contribution in [0, 0.1) is 0 Å². The molecule has 9 heteroatoms. The molecule has 0 radical (unpaired) electrons. The molecule has 1 aromatic carbocycles. The number of aromatic nitrogens is 1. The number of pyridine rings is 1. The number of anilines is 2. The van der Waals surface area contributed by atoms with E-state index in [2.05, 4.69) is 5.32 Å². The van der Waals surface area contributed by atoms with Gasteiger partial charge in [-0.2, -0.15) is 0 Å². The van der Waals surface area contributed by atoms with Crippen molar-refractivity contribution in [3.8, 4) is 11.1 Å². The monoisotopic (exact) mass is 331 g/mol. The van der Waals surface area contributed by atoms with E-state index in [1.807, 2.05) is 4.98 Å². The van der Waals surface area contributed by atoms with Crippen molar-refractivity contribution in [3.63, 3.8) is 0 Å². The Kier molecular flexibility index (Phi) is 4.36. The van der Waals surface area contributed by atoms with Gasteiger partial charge in [0.25, 0.3) is 5.56 Å². The number of carbonyl (C=O) groups excluding carboxylic acids is 1. The molecule has 0 aliphatic heterocycles. The highest BCUT2D eigenvalue weighted by Gasteiger charge is 2.26. The maximum atomic E-state index is 11.9. The number of benzene rings is 1. The lowest BCUT2D eigenvalue weighted by molar-refractivity contribution is -0.114. The zero-order valence-corrected chi connectivity index (χ0v) is 12.4. The molecule has 1 aromatic heterocycles. The van der Waals surface area contributed by atoms with Crippen molar-refractivity contribution in [2.24, 2.45) is 0 Å². The van der Waals surface area contributed by atoms with Gasteiger partial charge in [0.1, 0.15) is 16.9 Å². The first-order valence-corrected chi connectivity index (χ1v) is 6.62. The molecule has 0 aliphatic carbocycles. The zero-order chi connectivity index (χ0) is 18.0. The van der Waals surface area contributed by atoms with Gasteiger partial charge < -0.3 is 26.2 Å². The van der Waals surface area contributed by atoms with Crippen LogP contribution in [0.15, 0.2) is 29.1 Å². The van der Waals surface area contributed by atoms with Crippen LogP contribution in [0.2, 0.25) is 0 Å². The van der Waals surface area contributed by atoms with Gasteiger partial charge in [0, 0.05) is 18.2 Å². The molecule has 0 saturated heterocycles. The summed E-state index contributed by atoms with van der Waals surface area (Å²) in [6.07, 6.45) is 0. The molecule has 24 heavy (non-hydrogen) atoms. The molecule has 1 amide bonds. The van der Waals surface area contributed by atoms with Crippen molar-refractivity contribution in [1.82, 2.24) is 4.98 Å². The van der Waals surface area contributed by atoms with Crippen LogP contribution in [0.25, 0.3) is 11.1 Å². The molecular weight excluding hydrogens is 318 g/mol. The summed E-state index contributed by atoms with van der Waals surface area (Å²) in [4.78, 5) is 47.8. The molecule has 0 atom stereocenters. The Balaban J connectivity index is 2.76. The van der Waals surface area contributed by atoms with E-state index in [1.54, 1.807) is 0 Å². The van der Waals surface area contributed by atoms with Gasteiger partial charge in [-0.15, -0.1) is 0 Å². The number of nitrogens with two attached hydrogens (primary N) is 1. The van der Waals surface area contributed by atoms with Gasteiger partial charge in [-0.05, 0) is 17.7 Å². The summed E-state index contributed by atoms with van der Waals surface area (Å²) in [6, 6.07) is 5.67. The van der Waals surface area contributed by atoms with Crippen LogP contribution >= 0.6 is 0 Å². The van der Waals surface area contributed by atoms with Crippen LogP contribution in [0.3, 0.4) is 0 Å². The molecule has 0 fully saturated rings. The van der Waals surface area contributed by atoms with Crippen molar-refractivity contribution < 1.29 is 24.6 Å². The van der Waals surface area contributed by atoms with Gasteiger partial charge >= 0.3 is 11.9 Å². The number of nitrogen functional groups attached to an aromatic ring is 1. The second-order valence-corrected chi connectivity index (χ2v) is 4.86. The Morgan fingerprint density at radius 3 is 2.04 bits per heavy atom. The minimum absolute atomic E-state index is 0.164. The fourth-order valence-electron chi connectivity index (χ4n) is 2.26. The number of carboxylic acid groups (broad SMARTS) is 2. The maximum absolute atomic E-state index is 11.9. The first-order valence-electron chi connectivity index (χ1n) is 6.62. The third kappa shape index (κ3) is 3.09. The van der Waals surface area contributed by atoms with Crippen molar-refractivity contribution in [3.05, 3.63) is 45.7 Å². The lowest BCUT2D eigenvalue weighted by atomic mass is 9.95. The van der Waals surface area contributed by atoms with Crippen LogP contribution in [-0.4, -0.2) is 33.0 Å². The quantitative estimate of drug-likeness (QED) is 0.557. The number of nitrogens with one attached hydrogen (secondary N) is 2. The van der Waals surface area contributed by atoms with Crippen molar-refractivity contribution in [1.29, 1.82) is 0 Å². The number of H-pyrrole nitrogens is 1. The van der Waals surface area contributed by atoms with Crippen molar-refractivity contribution in [2.75, 3.05) is 11.1 Å². The summed E-state index contributed by atoms with van der Waals surface area (Å²) in [5.41, 5.74) is 3.58. The SMILES string of the molecule is CC(=O)Nc1ccc(-c2c(C(=O)O)c(N)[nH]c(=O)c2C(=O)O)cc1. The molecule has 2 aromatic rings. The Morgan fingerprint density at radius 1 is 1.04 bits per heavy atom. The van der Waals surface area contributed by atoms with Crippen LogP contribution in [-0.2, 0) is 4.79 Å². The fourth-order valence-corrected chi connectivity index (χ4v) is 2.26. The van der Waals surface area contributed by atoms with E-state index >= 15 is 0 Å². The molecule has 0 unspecified atom stereocenters. The first kappa shape index (κ1) is 16.7. The van der Waals surface area contributed by atoms with E-state index in [4.69, 9.17) is 5.73 Å². The van der Waals surface area contributed by atoms with Crippen LogP contribution < -0.4 is 16.6 Å². The second kappa shape index (κ2) is 6.24. The molecule has 6 N–H and O–H groups in total. The highest BCUT2D eigenvalue weighted by atomic mass is 16.4. The number of hydrogen-bond acceptors (Lipinski definition) is 5. The molecule has 124 valence electrons. The number of amides is 1. The van der Waals surface area contributed by atoms with Crippen LogP contribution in [0.5, 0.6) is 0 Å². The Morgan fingerprint density at radius 2 is 1.58 bits per heavy atom. The predicted molar refractivity (Wildman–Crippen MR) is 85.1 cm³/mol. The number of aromatic amines is 1. The minimum atomic E-state index is -1.58. The Bertz CT molecular complexity index is 899. The molecule has 2 rings (SSSR count). The topological polar surface area (TPSA) is 163 Å². The molecule has 9 nitrogen and oxygen atoms in total. The largest absolute Gasteiger partial charge is 0.478 e. The Labute approximate surface area is 134 Å². The predicted octanol–water partition coefficient (Wildman–Crippen LogP) is 0.979. The van der Waals surface area contributed by atoms with Crippen LogP contribution in [0.4, 0.5) is 11.5 Å². The summed E-state index contributed by atoms with van der Waals surface area (Å²) < 4.78 is 0. The van der Waals surface area contributed by atoms with E-state index in [1.165, 1.54) is 31.2 Å². The van der Waals surface area contributed by atoms with Gasteiger partial charge in [-0.1, -0.05) is 12.1 Å². The summed E-state index contributed by atoms with van der Waals surface area (Å²) in [6.45, 7) is 1.32. The molecule has 0 saturated carbocycles. The number of aromatic carboxylic acids is 2. The normalized spacial score (nSPS) is 10.2. The highest BCUT2D eigenvalue weighted by Crippen LogP contribution is 2.30. The van der Waals surface area contributed by atoms with E-state index in [0.29, 0.717) is 5.69 Å². The van der Waals surface area contributed by atoms with Gasteiger partial charge in [0.2, 0.25) is 5.91 Å². The van der Waals surface area contributed by atoms with E-state index in [0.717, 1.165) is 0 Å². The van der Waals surface area contributed by atoms with Crippen LogP contribution in [0.1, 0.15) is 27.6 Å². The lowest BCUT2D eigenvalue weighted by Crippen LogP contribution is -2.24. The van der Waals surface area contributed by atoms with Gasteiger partial charge in [-0.25, -0.2) is 9.59 Å². The average molecular weight is 331 g/mol. The summed E-state index contributed by atoms with van der Waals surface area (Å²) in [7, 11) is 0. The number of rotatable bonds is 4. The van der Waals surface area contributed by atoms with E-state index in [-0.39, 0.29) is 17.0 Å². The summed E-state index contributed by atoms with van der Waals surface area (Å²) in [5, 5.41) is 21.1. The second-order valence-electron chi connectivity index (χ2n) is 4.86. The third-order valence-electron chi connectivity index (χ3n) is 3.17. The Hall–Kier alpha value is -3.62. The highest BCUT2D eigenvalue weighted by molar-refractivity contribution is 6.07. The molecular formula is C15H13N3O6. The van der Waals surface area contributed by atoms with Crippen molar-refractivity contribution in [2.45, 2.75) is 6.92 Å². The minimum Gasteiger partial charge on any atom is -0.478 e. The molecule has 0 aliphatic rings. The standard InChI is InChI=1S/C15H13N3O6/c1-6(19)17-8-4-2-7(3-5-8)9-10(14(21)22)12(16)18-13(20)11(9)15(23)24/h2-5H,1H3,(H,17,19)(H,21,22)(H,23,24)(H3,16,18,20). The van der Waals surface area contributed by atoms with E-state index < -0.39 is 34.4 Å². The smallest absolute Gasteiger partial charge is 0.342 e. The van der Waals surface area contributed by atoms with Gasteiger partial charge in [0.05, 0.1) is 0 Å². The molecule has 0 spiro atoms. The zero-order valence-electron chi connectivity index (χ0n) is 12.4. The lowest BCUT2D eigenvalue weighted by Gasteiger charge is -2.12. The first-order chi connectivity index (χ1) is 11.2. The fraction of sp³-hybridized carbons (Fsp3) is 0.0667. The molecule has 0 bridgehead atoms. The average Bonchev–Trinajstić information content (AvgIpc) is 2.45. The number of carbonyl (C=O) groups is 3. The van der Waals surface area contributed by atoms with Gasteiger partial charge in [-0.3, -0.25) is 9.59 Å².